The summed E-state index contributed by atoms with van der Waals surface area (Å²) in [6.07, 6.45) is 3.24. The highest BCUT2D eigenvalue weighted by molar-refractivity contribution is 5.82. The number of nitrogens with zero attached hydrogens (tertiary/aromatic N) is 1. The minimum absolute atomic E-state index is 0.0716. The molecule has 18 heavy (non-hydrogen) atoms. The van der Waals surface area contributed by atoms with Crippen LogP contribution >= 0.6 is 0 Å². The average molecular weight is 239 g/mol. The lowest BCUT2D eigenvalue weighted by molar-refractivity contribution is 0.473. The molecule has 3 aromatic rings. The van der Waals surface area contributed by atoms with Crippen LogP contribution in [-0.4, -0.2) is 10.1 Å². The fourth-order valence-corrected chi connectivity index (χ4v) is 1.83. The molecule has 88 valence electrons. The second-order valence-corrected chi connectivity index (χ2v) is 3.91. The Morgan fingerprint density at radius 2 is 1.83 bits per heavy atom. The Kier molecular flexibility index (Phi) is 2.34. The number of pyridine rings is 1. The minimum Gasteiger partial charge on any atom is -0.508 e. The van der Waals surface area contributed by atoms with Crippen LogP contribution in [0.25, 0.3) is 22.1 Å². The molecule has 0 spiro atoms. The summed E-state index contributed by atoms with van der Waals surface area (Å²) < 4.78 is 5.19. The van der Waals surface area contributed by atoms with Crippen LogP contribution in [0, 0.1) is 0 Å². The summed E-state index contributed by atoms with van der Waals surface area (Å²) in [6, 6.07) is 9.93. The second kappa shape index (κ2) is 4.00. The van der Waals surface area contributed by atoms with Crippen LogP contribution < -0.4 is 5.63 Å². The predicted molar refractivity (Wildman–Crippen MR) is 67.4 cm³/mol. The van der Waals surface area contributed by atoms with Gasteiger partial charge in [-0.15, -0.1) is 0 Å². The molecule has 2 aromatic heterocycles. The van der Waals surface area contributed by atoms with E-state index in [4.69, 9.17) is 4.42 Å². The number of aromatic nitrogens is 1. The summed E-state index contributed by atoms with van der Waals surface area (Å²) >= 11 is 0. The van der Waals surface area contributed by atoms with E-state index in [1.54, 1.807) is 42.7 Å². The lowest BCUT2D eigenvalue weighted by Crippen LogP contribution is -2.02. The molecule has 0 fully saturated rings. The zero-order chi connectivity index (χ0) is 12.5. The minimum atomic E-state index is -0.431. The molecule has 0 atom stereocenters. The van der Waals surface area contributed by atoms with E-state index < -0.39 is 5.63 Å². The van der Waals surface area contributed by atoms with Crippen molar-refractivity contribution in [3.8, 4) is 16.9 Å². The molecule has 0 saturated carbocycles. The molecule has 1 N–H and O–H groups in total. The smallest absolute Gasteiger partial charge is 0.344 e. The fraction of sp³-hybridized carbons (Fsp3) is 0. The van der Waals surface area contributed by atoms with Gasteiger partial charge in [0.2, 0.25) is 0 Å². The van der Waals surface area contributed by atoms with Crippen molar-refractivity contribution in [1.29, 1.82) is 0 Å². The molecule has 3 rings (SSSR count). The number of phenolic OH excluding ortho intramolecular Hbond substituents is 1. The standard InChI is InChI=1S/C14H9NO3/c16-11-2-1-10-7-12(9-3-5-15-6-4-9)14(17)18-13(10)8-11/h1-8,16H. The van der Waals surface area contributed by atoms with Crippen molar-refractivity contribution in [2.75, 3.05) is 0 Å². The van der Waals surface area contributed by atoms with Crippen LogP contribution in [0.4, 0.5) is 0 Å². The zero-order valence-electron chi connectivity index (χ0n) is 9.33. The Bertz CT molecular complexity index is 763. The van der Waals surface area contributed by atoms with Gasteiger partial charge in [0.05, 0.1) is 5.56 Å². The topological polar surface area (TPSA) is 63.3 Å². The van der Waals surface area contributed by atoms with Crippen molar-refractivity contribution >= 4 is 11.0 Å². The van der Waals surface area contributed by atoms with Gasteiger partial charge in [-0.1, -0.05) is 0 Å². The highest BCUT2D eigenvalue weighted by Gasteiger charge is 2.07. The van der Waals surface area contributed by atoms with Gasteiger partial charge in [0.15, 0.2) is 0 Å². The van der Waals surface area contributed by atoms with Gasteiger partial charge in [0.25, 0.3) is 0 Å². The average Bonchev–Trinajstić information content (AvgIpc) is 2.39. The van der Waals surface area contributed by atoms with Crippen molar-refractivity contribution in [2.45, 2.75) is 0 Å². The Hall–Kier alpha value is -2.62. The predicted octanol–water partition coefficient (Wildman–Crippen LogP) is 2.56. The van der Waals surface area contributed by atoms with E-state index in [0.717, 1.165) is 10.9 Å². The molecule has 0 unspecified atom stereocenters. The van der Waals surface area contributed by atoms with E-state index in [2.05, 4.69) is 4.98 Å². The van der Waals surface area contributed by atoms with Crippen molar-refractivity contribution < 1.29 is 9.52 Å². The molecule has 0 radical (unpaired) electrons. The number of aromatic hydroxyl groups is 1. The summed E-state index contributed by atoms with van der Waals surface area (Å²) in [7, 11) is 0. The van der Waals surface area contributed by atoms with Crippen LogP contribution in [0.15, 0.2) is 58.0 Å². The molecule has 0 aliphatic rings. The van der Waals surface area contributed by atoms with Gasteiger partial charge in [0, 0.05) is 23.8 Å². The van der Waals surface area contributed by atoms with Gasteiger partial charge in [0.1, 0.15) is 11.3 Å². The van der Waals surface area contributed by atoms with Gasteiger partial charge in [-0.3, -0.25) is 4.98 Å². The molecule has 0 aliphatic carbocycles. The second-order valence-electron chi connectivity index (χ2n) is 3.91. The summed E-state index contributed by atoms with van der Waals surface area (Å²) in [5, 5.41) is 10.1. The monoisotopic (exact) mass is 239 g/mol. The normalized spacial score (nSPS) is 10.7. The van der Waals surface area contributed by atoms with E-state index in [1.165, 1.54) is 6.07 Å². The van der Waals surface area contributed by atoms with E-state index in [9.17, 15) is 9.90 Å². The Balaban J connectivity index is 2.29. The molecule has 0 amide bonds. The lowest BCUT2D eigenvalue weighted by Gasteiger charge is -2.02. The van der Waals surface area contributed by atoms with Crippen LogP contribution in [0.3, 0.4) is 0 Å². The maximum atomic E-state index is 11.9. The van der Waals surface area contributed by atoms with Crippen molar-refractivity contribution in [1.82, 2.24) is 4.98 Å². The van der Waals surface area contributed by atoms with Gasteiger partial charge in [-0.25, -0.2) is 4.79 Å². The number of phenols is 1. The van der Waals surface area contributed by atoms with Gasteiger partial charge in [-0.2, -0.15) is 0 Å². The number of hydrogen-bond donors (Lipinski definition) is 1. The van der Waals surface area contributed by atoms with E-state index in [-0.39, 0.29) is 5.75 Å². The first-order chi connectivity index (χ1) is 8.74. The Morgan fingerprint density at radius 1 is 1.06 bits per heavy atom. The summed E-state index contributed by atoms with van der Waals surface area (Å²) in [4.78, 5) is 15.8. The molecule has 0 saturated heterocycles. The lowest BCUT2D eigenvalue weighted by atomic mass is 10.1. The molecule has 4 nitrogen and oxygen atoms in total. The van der Waals surface area contributed by atoms with Gasteiger partial charge >= 0.3 is 5.63 Å². The SMILES string of the molecule is O=c1oc2cc(O)ccc2cc1-c1ccncc1. The fourth-order valence-electron chi connectivity index (χ4n) is 1.83. The zero-order valence-corrected chi connectivity index (χ0v) is 9.33. The van der Waals surface area contributed by atoms with Gasteiger partial charge in [-0.05, 0) is 35.9 Å². The van der Waals surface area contributed by atoms with Gasteiger partial charge < -0.3 is 9.52 Å². The highest BCUT2D eigenvalue weighted by atomic mass is 16.4. The third-order valence-electron chi connectivity index (χ3n) is 2.71. The van der Waals surface area contributed by atoms with Crippen molar-refractivity contribution in [3.63, 3.8) is 0 Å². The number of hydrogen-bond acceptors (Lipinski definition) is 4. The molecule has 4 heteroatoms. The Morgan fingerprint density at radius 3 is 2.61 bits per heavy atom. The van der Waals surface area contributed by atoms with Crippen molar-refractivity contribution in [2.24, 2.45) is 0 Å². The third-order valence-corrected chi connectivity index (χ3v) is 2.71. The molecule has 2 heterocycles. The number of fused-ring (bicyclic) bond motifs is 1. The molecule has 1 aromatic carbocycles. The van der Waals surface area contributed by atoms with Crippen LogP contribution in [0.2, 0.25) is 0 Å². The van der Waals surface area contributed by atoms with Crippen LogP contribution in [0.5, 0.6) is 5.75 Å². The maximum Gasteiger partial charge on any atom is 0.344 e. The number of benzene rings is 1. The first-order valence-electron chi connectivity index (χ1n) is 5.41. The highest BCUT2D eigenvalue weighted by Crippen LogP contribution is 2.23. The van der Waals surface area contributed by atoms with Crippen LogP contribution in [-0.2, 0) is 0 Å². The molecule has 0 bridgehead atoms. The summed E-state index contributed by atoms with van der Waals surface area (Å²) in [5.74, 6) is 0.0716. The summed E-state index contributed by atoms with van der Waals surface area (Å²) in [6.45, 7) is 0. The van der Waals surface area contributed by atoms with E-state index >= 15 is 0 Å². The maximum absolute atomic E-state index is 11.9. The molecular weight excluding hydrogens is 230 g/mol. The quantitative estimate of drug-likeness (QED) is 0.663. The van der Waals surface area contributed by atoms with E-state index in [1.807, 2.05) is 0 Å². The van der Waals surface area contributed by atoms with Crippen molar-refractivity contribution in [3.05, 3.63) is 59.2 Å². The summed E-state index contributed by atoms with van der Waals surface area (Å²) in [5.41, 5.74) is 1.18. The molecular formula is C14H9NO3. The largest absolute Gasteiger partial charge is 0.508 e. The molecule has 0 aliphatic heterocycles. The third kappa shape index (κ3) is 1.73. The first-order valence-corrected chi connectivity index (χ1v) is 5.41. The van der Waals surface area contributed by atoms with E-state index in [0.29, 0.717) is 11.1 Å². The first kappa shape index (κ1) is 10.5. The Labute approximate surface area is 102 Å². The van der Waals surface area contributed by atoms with Crippen LogP contribution in [0.1, 0.15) is 0 Å². The number of rotatable bonds is 1.